The van der Waals surface area contributed by atoms with E-state index >= 15 is 0 Å². The van der Waals surface area contributed by atoms with Crippen molar-refractivity contribution in [1.29, 1.82) is 5.41 Å². The van der Waals surface area contributed by atoms with Crippen LogP contribution in [0.1, 0.15) is 47.1 Å². The van der Waals surface area contributed by atoms with Gasteiger partial charge < -0.3 is 24.3 Å². The van der Waals surface area contributed by atoms with Crippen molar-refractivity contribution in [3.63, 3.8) is 0 Å². The Hall–Kier alpha value is -3.13. The third-order valence-electron chi connectivity index (χ3n) is 5.82. The zero-order chi connectivity index (χ0) is 22.1. The van der Waals surface area contributed by atoms with Crippen LogP contribution in [0.3, 0.4) is 0 Å². The van der Waals surface area contributed by atoms with Crippen molar-refractivity contribution in [3.8, 4) is 11.1 Å². The van der Waals surface area contributed by atoms with Crippen LogP contribution < -0.4 is 5.32 Å². The molecule has 0 saturated carbocycles. The molecule has 0 spiro atoms. The van der Waals surface area contributed by atoms with Crippen molar-refractivity contribution in [2.24, 2.45) is 5.92 Å². The molecule has 1 aliphatic heterocycles. The number of ether oxygens (including phenoxy) is 2. The number of aromatic nitrogens is 2. The minimum Gasteiger partial charge on any atom is -0.462 e. The first-order chi connectivity index (χ1) is 14.9. The van der Waals surface area contributed by atoms with Crippen LogP contribution in [-0.4, -0.2) is 41.8 Å². The minimum absolute atomic E-state index is 0.0785. The molecule has 2 aromatic heterocycles. The van der Waals surface area contributed by atoms with Crippen molar-refractivity contribution in [1.82, 2.24) is 10.1 Å². The Kier molecular flexibility index (Phi) is 5.82. The number of fused-ring (bicyclic) bond motifs is 1. The van der Waals surface area contributed by atoms with Crippen LogP contribution in [0.25, 0.3) is 22.0 Å². The highest BCUT2D eigenvalue weighted by molar-refractivity contribution is 6.13. The Morgan fingerprint density at radius 1 is 1.29 bits per heavy atom. The number of esters is 1. The molecular formula is C23H28N4O4. The molecule has 1 aliphatic rings. The molecule has 4 rings (SSSR count). The molecule has 0 radical (unpaired) electrons. The minimum atomic E-state index is -0.416. The fraction of sp³-hybridized carbons (Fsp3) is 0.435. The summed E-state index contributed by atoms with van der Waals surface area (Å²) in [6.45, 7) is 9.15. The molecule has 0 atom stereocenters. The lowest BCUT2D eigenvalue weighted by Crippen LogP contribution is -2.28. The first-order valence-electron chi connectivity index (χ1n) is 10.6. The van der Waals surface area contributed by atoms with E-state index in [1.54, 1.807) is 6.92 Å². The maximum absolute atomic E-state index is 12.8. The standard InChI is InChI=1S/C23H28N4O4/c1-5-30-23(28)20-17-10-12(2)16(19-13(3)27-31-14(19)4)11-18(17)25-22(20)26-21(24)15-6-8-29-9-7-15/h10-11,15,25H,5-9H2,1-4H3,(H2,24,26). The normalized spacial score (nSPS) is 14.7. The van der Waals surface area contributed by atoms with Crippen molar-refractivity contribution < 1.29 is 18.8 Å². The molecule has 164 valence electrons. The van der Waals surface area contributed by atoms with Gasteiger partial charge >= 0.3 is 5.97 Å². The topological polar surface area (TPSA) is 113 Å². The summed E-state index contributed by atoms with van der Waals surface area (Å²) in [5.41, 5.74) is 4.96. The van der Waals surface area contributed by atoms with E-state index in [1.165, 1.54) is 0 Å². The number of nitrogens with zero attached hydrogens (tertiary/aromatic N) is 1. The van der Waals surface area contributed by atoms with Gasteiger partial charge in [-0.2, -0.15) is 0 Å². The van der Waals surface area contributed by atoms with E-state index in [0.717, 1.165) is 51.9 Å². The molecule has 31 heavy (non-hydrogen) atoms. The highest BCUT2D eigenvalue weighted by Crippen LogP contribution is 2.36. The lowest BCUT2D eigenvalue weighted by Gasteiger charge is -2.23. The van der Waals surface area contributed by atoms with Crippen molar-refractivity contribution in [2.75, 3.05) is 25.1 Å². The van der Waals surface area contributed by atoms with E-state index in [1.807, 2.05) is 32.9 Å². The molecule has 0 unspecified atom stereocenters. The summed E-state index contributed by atoms with van der Waals surface area (Å²) in [4.78, 5) is 16.1. The number of aryl methyl sites for hydroxylation is 3. The first-order valence-corrected chi connectivity index (χ1v) is 10.6. The van der Waals surface area contributed by atoms with Gasteiger partial charge in [-0.1, -0.05) is 5.16 Å². The summed E-state index contributed by atoms with van der Waals surface area (Å²) in [5, 5.41) is 16.5. The van der Waals surface area contributed by atoms with Gasteiger partial charge in [0.25, 0.3) is 0 Å². The van der Waals surface area contributed by atoms with Crippen LogP contribution in [-0.2, 0) is 9.47 Å². The van der Waals surface area contributed by atoms with E-state index in [9.17, 15) is 4.79 Å². The van der Waals surface area contributed by atoms with Crippen molar-refractivity contribution >= 4 is 28.5 Å². The molecular weight excluding hydrogens is 396 g/mol. The van der Waals surface area contributed by atoms with E-state index < -0.39 is 5.97 Å². The molecule has 1 saturated heterocycles. The van der Waals surface area contributed by atoms with Crippen LogP contribution in [0.2, 0.25) is 0 Å². The number of aromatic amines is 1. The summed E-state index contributed by atoms with van der Waals surface area (Å²) >= 11 is 0. The Balaban J connectivity index is 1.80. The summed E-state index contributed by atoms with van der Waals surface area (Å²) in [5.74, 6) is 1.27. The molecule has 1 aromatic carbocycles. The van der Waals surface area contributed by atoms with Crippen LogP contribution >= 0.6 is 0 Å². The van der Waals surface area contributed by atoms with Gasteiger partial charge in [-0.05, 0) is 63.8 Å². The second-order valence-corrected chi connectivity index (χ2v) is 7.93. The monoisotopic (exact) mass is 424 g/mol. The smallest absolute Gasteiger partial charge is 0.342 e. The lowest BCUT2D eigenvalue weighted by molar-refractivity contribution is 0.0530. The van der Waals surface area contributed by atoms with Gasteiger partial charge in [0.1, 0.15) is 23.0 Å². The van der Waals surface area contributed by atoms with Crippen LogP contribution in [0, 0.1) is 32.1 Å². The fourth-order valence-corrected chi connectivity index (χ4v) is 4.22. The molecule has 0 amide bonds. The number of carbonyl (C=O) groups is 1. The molecule has 8 nitrogen and oxygen atoms in total. The Morgan fingerprint density at radius 2 is 2.03 bits per heavy atom. The largest absolute Gasteiger partial charge is 0.462 e. The Bertz CT molecular complexity index is 1120. The SMILES string of the molecule is CCOC(=O)c1c(NC(=N)C2CCOCC2)[nH]c2cc(-c3c(C)noc3C)c(C)cc12. The first kappa shape index (κ1) is 21.1. The predicted molar refractivity (Wildman–Crippen MR) is 119 cm³/mol. The third-order valence-corrected chi connectivity index (χ3v) is 5.82. The maximum Gasteiger partial charge on any atom is 0.342 e. The average molecular weight is 425 g/mol. The van der Waals surface area contributed by atoms with Gasteiger partial charge in [-0.25, -0.2) is 4.79 Å². The maximum atomic E-state index is 12.8. The zero-order valence-electron chi connectivity index (χ0n) is 18.3. The number of hydrogen-bond acceptors (Lipinski definition) is 6. The Labute approximate surface area is 180 Å². The summed E-state index contributed by atoms with van der Waals surface area (Å²) < 4.78 is 16.1. The fourth-order valence-electron chi connectivity index (χ4n) is 4.22. The molecule has 3 aromatic rings. The Morgan fingerprint density at radius 3 is 2.68 bits per heavy atom. The van der Waals surface area contributed by atoms with Gasteiger partial charge in [0.05, 0.1) is 12.3 Å². The highest BCUT2D eigenvalue weighted by atomic mass is 16.5. The highest BCUT2D eigenvalue weighted by Gasteiger charge is 2.25. The van der Waals surface area contributed by atoms with Crippen molar-refractivity contribution in [2.45, 2.75) is 40.5 Å². The molecule has 3 heterocycles. The van der Waals surface area contributed by atoms with Crippen LogP contribution in [0.5, 0.6) is 0 Å². The quantitative estimate of drug-likeness (QED) is 0.310. The number of nitrogens with one attached hydrogen (secondary N) is 3. The molecule has 3 N–H and O–H groups in total. The average Bonchev–Trinajstić information content (AvgIpc) is 3.26. The van der Waals surface area contributed by atoms with E-state index in [4.69, 9.17) is 19.4 Å². The third kappa shape index (κ3) is 3.95. The number of anilines is 1. The summed E-state index contributed by atoms with van der Waals surface area (Å²) in [7, 11) is 0. The number of hydrogen-bond donors (Lipinski definition) is 3. The van der Waals surface area contributed by atoms with Gasteiger partial charge in [-0.15, -0.1) is 0 Å². The molecule has 0 bridgehead atoms. The number of amidine groups is 1. The van der Waals surface area contributed by atoms with Crippen LogP contribution in [0.15, 0.2) is 16.7 Å². The van der Waals surface area contributed by atoms with Crippen molar-refractivity contribution in [3.05, 3.63) is 34.7 Å². The summed E-state index contributed by atoms with van der Waals surface area (Å²) in [6, 6.07) is 3.98. The van der Waals surface area contributed by atoms with Gasteiger partial charge in [0, 0.05) is 35.6 Å². The number of carbonyl (C=O) groups excluding carboxylic acids is 1. The van der Waals surface area contributed by atoms with Crippen LogP contribution in [0.4, 0.5) is 5.82 Å². The lowest BCUT2D eigenvalue weighted by atomic mass is 9.96. The second kappa shape index (κ2) is 8.55. The van der Waals surface area contributed by atoms with Gasteiger partial charge in [0.2, 0.25) is 0 Å². The van der Waals surface area contributed by atoms with E-state index in [2.05, 4.69) is 15.5 Å². The van der Waals surface area contributed by atoms with Gasteiger partial charge in [0.15, 0.2) is 0 Å². The summed E-state index contributed by atoms with van der Waals surface area (Å²) in [6.07, 6.45) is 1.58. The predicted octanol–water partition coefficient (Wildman–Crippen LogP) is 4.74. The van der Waals surface area contributed by atoms with E-state index in [0.29, 0.717) is 30.4 Å². The number of benzene rings is 1. The van der Waals surface area contributed by atoms with Gasteiger partial charge in [-0.3, -0.25) is 5.41 Å². The zero-order valence-corrected chi connectivity index (χ0v) is 18.3. The molecule has 1 fully saturated rings. The molecule has 8 heteroatoms. The number of rotatable bonds is 5. The molecule has 0 aliphatic carbocycles. The number of H-pyrrole nitrogens is 1. The second-order valence-electron chi connectivity index (χ2n) is 7.93. The van der Waals surface area contributed by atoms with E-state index in [-0.39, 0.29) is 12.5 Å².